The summed E-state index contributed by atoms with van der Waals surface area (Å²) in [5.74, 6) is 0.350. The number of hydrogen-bond acceptors (Lipinski definition) is 4. The third-order valence-electron chi connectivity index (χ3n) is 4.62. The summed E-state index contributed by atoms with van der Waals surface area (Å²) in [4.78, 5) is 26.9. The van der Waals surface area contributed by atoms with Crippen LogP contribution in [0, 0.1) is 6.92 Å². The lowest BCUT2D eigenvalue weighted by molar-refractivity contribution is 0.0599. The predicted molar refractivity (Wildman–Crippen MR) is 100 cm³/mol. The van der Waals surface area contributed by atoms with Crippen molar-refractivity contribution in [3.63, 3.8) is 0 Å². The van der Waals surface area contributed by atoms with Crippen molar-refractivity contribution >= 4 is 17.6 Å². The van der Waals surface area contributed by atoms with E-state index in [4.69, 9.17) is 9.47 Å². The Morgan fingerprint density at radius 3 is 2.69 bits per heavy atom. The third-order valence-corrected chi connectivity index (χ3v) is 4.62. The van der Waals surface area contributed by atoms with E-state index >= 15 is 0 Å². The first-order valence-electron chi connectivity index (χ1n) is 8.82. The lowest BCUT2D eigenvalue weighted by atomic mass is 9.95. The van der Waals surface area contributed by atoms with Gasteiger partial charge in [-0.25, -0.2) is 4.79 Å². The maximum absolute atomic E-state index is 13.1. The number of ether oxygens (including phenoxy) is 2. The van der Waals surface area contributed by atoms with Gasteiger partial charge < -0.3 is 14.4 Å². The normalized spacial score (nSPS) is 13.1. The van der Waals surface area contributed by atoms with Crippen LogP contribution >= 0.6 is 0 Å². The van der Waals surface area contributed by atoms with Crippen molar-refractivity contribution in [3.8, 4) is 5.75 Å². The molecule has 0 aromatic heterocycles. The lowest BCUT2D eigenvalue weighted by Gasteiger charge is -2.30. The van der Waals surface area contributed by atoms with E-state index in [1.807, 2.05) is 32.0 Å². The summed E-state index contributed by atoms with van der Waals surface area (Å²) < 4.78 is 10.4. The molecule has 0 aliphatic carbocycles. The molecule has 0 unspecified atom stereocenters. The largest absolute Gasteiger partial charge is 0.494 e. The molecule has 1 aliphatic rings. The second-order valence-corrected chi connectivity index (χ2v) is 6.27. The van der Waals surface area contributed by atoms with Crippen molar-refractivity contribution in [1.29, 1.82) is 0 Å². The summed E-state index contributed by atoms with van der Waals surface area (Å²) in [6, 6.07) is 10.9. The second-order valence-electron chi connectivity index (χ2n) is 6.27. The maximum atomic E-state index is 13.1. The van der Waals surface area contributed by atoms with Crippen molar-refractivity contribution in [2.75, 3.05) is 25.2 Å². The number of carbonyl (C=O) groups excluding carboxylic acids is 2. The van der Waals surface area contributed by atoms with Crippen LogP contribution in [0.25, 0.3) is 0 Å². The highest BCUT2D eigenvalue weighted by Crippen LogP contribution is 2.32. The highest BCUT2D eigenvalue weighted by atomic mass is 16.5. The van der Waals surface area contributed by atoms with Crippen molar-refractivity contribution < 1.29 is 19.1 Å². The molecule has 5 nitrogen and oxygen atoms in total. The molecule has 1 aliphatic heterocycles. The van der Waals surface area contributed by atoms with E-state index in [2.05, 4.69) is 0 Å². The molecule has 3 rings (SSSR count). The number of anilines is 1. The first-order chi connectivity index (χ1) is 12.6. The monoisotopic (exact) mass is 353 g/mol. The first kappa shape index (κ1) is 18.0. The van der Waals surface area contributed by atoms with Gasteiger partial charge in [0.25, 0.3) is 5.91 Å². The summed E-state index contributed by atoms with van der Waals surface area (Å²) >= 11 is 0. The number of nitrogens with zero attached hydrogens (tertiary/aromatic N) is 1. The summed E-state index contributed by atoms with van der Waals surface area (Å²) in [6.07, 6.45) is 1.56. The fourth-order valence-corrected chi connectivity index (χ4v) is 3.39. The van der Waals surface area contributed by atoms with Crippen molar-refractivity contribution in [2.24, 2.45) is 0 Å². The highest BCUT2D eigenvalue weighted by molar-refractivity contribution is 6.08. The van der Waals surface area contributed by atoms with E-state index in [1.165, 1.54) is 7.11 Å². The Morgan fingerprint density at radius 1 is 1.19 bits per heavy atom. The van der Waals surface area contributed by atoms with Gasteiger partial charge in [0.15, 0.2) is 0 Å². The van der Waals surface area contributed by atoms with Crippen LogP contribution in [-0.2, 0) is 11.2 Å². The Bertz CT molecular complexity index is 844. The topological polar surface area (TPSA) is 55.8 Å². The summed E-state index contributed by atoms with van der Waals surface area (Å²) in [5.41, 5.74) is 3.74. The number of fused-ring (bicyclic) bond motifs is 1. The number of hydrogen-bond donors (Lipinski definition) is 0. The summed E-state index contributed by atoms with van der Waals surface area (Å²) in [7, 11) is 1.37. The van der Waals surface area contributed by atoms with Crippen molar-refractivity contribution in [3.05, 3.63) is 58.7 Å². The first-order valence-corrected chi connectivity index (χ1v) is 8.82. The number of carbonyl (C=O) groups is 2. The van der Waals surface area contributed by atoms with Crippen LogP contribution in [0.4, 0.5) is 5.69 Å². The van der Waals surface area contributed by atoms with E-state index in [0.717, 1.165) is 35.4 Å². The summed E-state index contributed by atoms with van der Waals surface area (Å²) in [5, 5.41) is 0. The number of amides is 1. The van der Waals surface area contributed by atoms with Gasteiger partial charge in [-0.05, 0) is 68.1 Å². The molecule has 26 heavy (non-hydrogen) atoms. The van der Waals surface area contributed by atoms with E-state index in [9.17, 15) is 9.59 Å². The van der Waals surface area contributed by atoms with Gasteiger partial charge in [-0.3, -0.25) is 4.79 Å². The number of rotatable bonds is 4. The molecule has 0 saturated carbocycles. The van der Waals surface area contributed by atoms with E-state index in [0.29, 0.717) is 24.3 Å². The molecular formula is C21H23NO4. The van der Waals surface area contributed by atoms with Crippen LogP contribution in [0.2, 0.25) is 0 Å². The molecule has 1 heterocycles. The molecule has 0 radical (unpaired) electrons. The number of esters is 1. The summed E-state index contributed by atoms with van der Waals surface area (Å²) in [6.45, 7) is 5.08. The van der Waals surface area contributed by atoms with E-state index < -0.39 is 0 Å². The lowest BCUT2D eigenvalue weighted by Crippen LogP contribution is -2.36. The smallest absolute Gasteiger partial charge is 0.338 e. The molecule has 0 N–H and O–H groups in total. The Balaban J connectivity index is 1.96. The average Bonchev–Trinajstić information content (AvgIpc) is 2.67. The zero-order valence-corrected chi connectivity index (χ0v) is 15.4. The highest BCUT2D eigenvalue weighted by Gasteiger charge is 2.27. The minimum atomic E-state index is -0.368. The van der Waals surface area contributed by atoms with E-state index in [-0.39, 0.29) is 11.9 Å². The SMILES string of the molecule is CCOc1ccc(C(=O)N2CCCc3c(C(=O)OC)cccc32)cc1C. The van der Waals surface area contributed by atoms with Gasteiger partial charge in [-0.2, -0.15) is 0 Å². The molecule has 0 fully saturated rings. The quantitative estimate of drug-likeness (QED) is 0.785. The fraction of sp³-hybridized carbons (Fsp3) is 0.333. The van der Waals surface area contributed by atoms with Crippen LogP contribution in [0.15, 0.2) is 36.4 Å². The van der Waals surface area contributed by atoms with E-state index in [1.54, 1.807) is 23.1 Å². The van der Waals surface area contributed by atoms with Crippen LogP contribution in [-0.4, -0.2) is 32.1 Å². The molecule has 2 aromatic carbocycles. The Morgan fingerprint density at radius 2 is 2.00 bits per heavy atom. The molecule has 0 atom stereocenters. The zero-order chi connectivity index (χ0) is 18.7. The maximum Gasteiger partial charge on any atom is 0.338 e. The van der Waals surface area contributed by atoms with Gasteiger partial charge in [0.2, 0.25) is 0 Å². The zero-order valence-electron chi connectivity index (χ0n) is 15.4. The molecule has 0 bridgehead atoms. The molecule has 0 saturated heterocycles. The van der Waals surface area contributed by atoms with Gasteiger partial charge in [0, 0.05) is 17.8 Å². The molecule has 136 valence electrons. The third kappa shape index (κ3) is 3.29. The Labute approximate surface area is 153 Å². The van der Waals surface area contributed by atoms with Crippen LogP contribution in [0.3, 0.4) is 0 Å². The van der Waals surface area contributed by atoms with Gasteiger partial charge >= 0.3 is 5.97 Å². The van der Waals surface area contributed by atoms with Gasteiger partial charge in [-0.15, -0.1) is 0 Å². The van der Waals surface area contributed by atoms with Crippen LogP contribution in [0.1, 0.15) is 45.2 Å². The van der Waals surface area contributed by atoms with Crippen LogP contribution < -0.4 is 9.64 Å². The minimum Gasteiger partial charge on any atom is -0.494 e. The molecular weight excluding hydrogens is 330 g/mol. The molecule has 0 spiro atoms. The molecule has 5 heteroatoms. The average molecular weight is 353 g/mol. The van der Waals surface area contributed by atoms with Crippen molar-refractivity contribution in [1.82, 2.24) is 0 Å². The second kappa shape index (κ2) is 7.60. The van der Waals surface area contributed by atoms with Gasteiger partial charge in [0.1, 0.15) is 5.75 Å². The minimum absolute atomic E-state index is 0.0703. The number of benzene rings is 2. The number of methoxy groups -OCH3 is 1. The standard InChI is InChI=1S/C21H23NO4/c1-4-26-19-11-10-15(13-14(19)2)20(23)22-12-6-8-16-17(21(24)25-3)7-5-9-18(16)22/h5,7,9-11,13H,4,6,8,12H2,1-3H3. The predicted octanol–water partition coefficient (Wildman–Crippen LogP) is 3.77. The molecule has 2 aromatic rings. The fourth-order valence-electron chi connectivity index (χ4n) is 3.39. The number of aryl methyl sites for hydroxylation is 1. The van der Waals surface area contributed by atoms with Gasteiger partial charge in [-0.1, -0.05) is 6.07 Å². The van der Waals surface area contributed by atoms with Crippen LogP contribution in [0.5, 0.6) is 5.75 Å². The Kier molecular flexibility index (Phi) is 5.26. The molecule has 1 amide bonds. The van der Waals surface area contributed by atoms with Gasteiger partial charge in [0.05, 0.1) is 19.3 Å². The van der Waals surface area contributed by atoms with Crippen molar-refractivity contribution in [2.45, 2.75) is 26.7 Å². The Hall–Kier alpha value is -2.82.